The van der Waals surface area contributed by atoms with E-state index in [0.717, 1.165) is 22.3 Å². The van der Waals surface area contributed by atoms with Crippen LogP contribution in [0.15, 0.2) is 60.9 Å². The Hall–Kier alpha value is -2.99. The third kappa shape index (κ3) is 3.49. The van der Waals surface area contributed by atoms with Gasteiger partial charge in [0.15, 0.2) is 0 Å². The molecule has 3 rings (SSSR count). The highest BCUT2D eigenvalue weighted by Crippen LogP contribution is 2.23. The molecule has 6 heteroatoms. The molecule has 6 nitrogen and oxygen atoms in total. The number of hydrogen-bond acceptors (Lipinski definition) is 4. The van der Waals surface area contributed by atoms with Gasteiger partial charge < -0.3 is 5.11 Å². The summed E-state index contributed by atoms with van der Waals surface area (Å²) in [6.45, 7) is 2.34. The standard InChI is InChI=1S/C18H17N3O3/c1-13-2-4-15(5-3-13)18(22)12-20-11-16(10-19-20)14-6-8-17(9-7-14)21(23)24/h2-11,18,22H,12H2,1H3. The van der Waals surface area contributed by atoms with Crippen molar-refractivity contribution in [2.24, 2.45) is 0 Å². The molecule has 0 radical (unpaired) electrons. The minimum atomic E-state index is -0.643. The van der Waals surface area contributed by atoms with Crippen molar-refractivity contribution in [2.45, 2.75) is 19.6 Å². The zero-order valence-electron chi connectivity index (χ0n) is 13.2. The second kappa shape index (κ2) is 6.64. The molecule has 3 aromatic rings. The third-order valence-corrected chi connectivity index (χ3v) is 3.87. The minimum Gasteiger partial charge on any atom is -0.386 e. The van der Waals surface area contributed by atoms with Gasteiger partial charge >= 0.3 is 0 Å². The lowest BCUT2D eigenvalue weighted by Gasteiger charge is -2.11. The van der Waals surface area contributed by atoms with Crippen LogP contribution in [-0.2, 0) is 6.54 Å². The number of nitrogens with zero attached hydrogens (tertiary/aromatic N) is 3. The Morgan fingerprint density at radius 2 is 1.79 bits per heavy atom. The van der Waals surface area contributed by atoms with E-state index in [4.69, 9.17) is 0 Å². The van der Waals surface area contributed by atoms with Crippen LogP contribution in [0.3, 0.4) is 0 Å². The van der Waals surface area contributed by atoms with Crippen molar-refractivity contribution in [1.29, 1.82) is 0 Å². The summed E-state index contributed by atoms with van der Waals surface area (Å²) in [5.41, 5.74) is 3.73. The molecule has 1 N–H and O–H groups in total. The molecule has 0 aliphatic rings. The topological polar surface area (TPSA) is 81.2 Å². The van der Waals surface area contributed by atoms with Crippen LogP contribution in [0.25, 0.3) is 11.1 Å². The fourth-order valence-corrected chi connectivity index (χ4v) is 2.46. The fourth-order valence-electron chi connectivity index (χ4n) is 2.46. The van der Waals surface area contributed by atoms with Crippen molar-refractivity contribution in [2.75, 3.05) is 0 Å². The summed E-state index contributed by atoms with van der Waals surface area (Å²) in [6, 6.07) is 14.0. The Bertz CT molecular complexity index is 839. The lowest BCUT2D eigenvalue weighted by molar-refractivity contribution is -0.384. The van der Waals surface area contributed by atoms with Gasteiger partial charge in [0.25, 0.3) is 5.69 Å². The number of nitro groups is 1. The first-order valence-electron chi connectivity index (χ1n) is 7.55. The first-order chi connectivity index (χ1) is 11.5. The number of benzene rings is 2. The molecule has 0 spiro atoms. The molecule has 0 saturated heterocycles. The van der Waals surface area contributed by atoms with E-state index in [0.29, 0.717) is 6.54 Å². The first kappa shape index (κ1) is 15.9. The quantitative estimate of drug-likeness (QED) is 0.575. The zero-order valence-corrected chi connectivity index (χ0v) is 13.2. The first-order valence-corrected chi connectivity index (χ1v) is 7.55. The Morgan fingerprint density at radius 3 is 2.42 bits per heavy atom. The molecule has 0 saturated carbocycles. The summed E-state index contributed by atoms with van der Waals surface area (Å²) in [6.07, 6.45) is 2.86. The Balaban J connectivity index is 1.73. The molecule has 24 heavy (non-hydrogen) atoms. The molecule has 122 valence electrons. The lowest BCUT2D eigenvalue weighted by Crippen LogP contribution is -2.08. The van der Waals surface area contributed by atoms with Crippen LogP contribution in [0.2, 0.25) is 0 Å². The molecule has 1 unspecified atom stereocenters. The normalized spacial score (nSPS) is 12.1. The Morgan fingerprint density at radius 1 is 1.12 bits per heavy atom. The van der Waals surface area contributed by atoms with Crippen molar-refractivity contribution >= 4 is 5.69 Å². The van der Waals surface area contributed by atoms with Crippen molar-refractivity contribution in [3.63, 3.8) is 0 Å². The molecule has 0 bridgehead atoms. The average molecular weight is 323 g/mol. The highest BCUT2D eigenvalue weighted by molar-refractivity contribution is 5.63. The molecule has 0 amide bonds. The SMILES string of the molecule is Cc1ccc(C(O)Cn2cc(-c3ccc([N+](=O)[O-])cc3)cn2)cc1. The second-order valence-corrected chi connectivity index (χ2v) is 5.68. The summed E-state index contributed by atoms with van der Waals surface area (Å²) < 4.78 is 1.67. The van der Waals surface area contributed by atoms with E-state index in [1.54, 1.807) is 23.0 Å². The summed E-state index contributed by atoms with van der Waals surface area (Å²) in [5, 5.41) is 25.3. The van der Waals surface area contributed by atoms with Crippen LogP contribution in [0.5, 0.6) is 0 Å². The minimum absolute atomic E-state index is 0.0564. The van der Waals surface area contributed by atoms with Gasteiger partial charge in [0, 0.05) is 23.9 Å². The number of aromatic nitrogens is 2. The van der Waals surface area contributed by atoms with Gasteiger partial charge in [-0.1, -0.05) is 29.8 Å². The van der Waals surface area contributed by atoms with E-state index in [1.165, 1.54) is 12.1 Å². The van der Waals surface area contributed by atoms with E-state index in [9.17, 15) is 15.2 Å². The molecule has 0 aliphatic carbocycles. The fraction of sp³-hybridized carbons (Fsp3) is 0.167. The van der Waals surface area contributed by atoms with Crippen LogP contribution in [0.1, 0.15) is 17.2 Å². The molecular weight excluding hydrogens is 306 g/mol. The monoisotopic (exact) mass is 323 g/mol. The largest absolute Gasteiger partial charge is 0.386 e. The van der Waals surface area contributed by atoms with Crippen LogP contribution in [-0.4, -0.2) is 19.8 Å². The third-order valence-electron chi connectivity index (χ3n) is 3.87. The van der Waals surface area contributed by atoms with E-state index in [2.05, 4.69) is 5.10 Å². The number of aliphatic hydroxyl groups is 1. The second-order valence-electron chi connectivity index (χ2n) is 5.68. The molecular formula is C18H17N3O3. The van der Waals surface area contributed by atoms with Gasteiger partial charge in [0.05, 0.1) is 23.8 Å². The average Bonchev–Trinajstić information content (AvgIpc) is 3.04. The van der Waals surface area contributed by atoms with E-state index >= 15 is 0 Å². The van der Waals surface area contributed by atoms with E-state index < -0.39 is 11.0 Å². The highest BCUT2D eigenvalue weighted by Gasteiger charge is 2.11. The molecule has 1 aromatic heterocycles. The predicted molar refractivity (Wildman–Crippen MR) is 90.5 cm³/mol. The van der Waals surface area contributed by atoms with Gasteiger partial charge in [-0.3, -0.25) is 14.8 Å². The molecule has 0 fully saturated rings. The molecule has 2 aromatic carbocycles. The van der Waals surface area contributed by atoms with Crippen molar-refractivity contribution in [1.82, 2.24) is 9.78 Å². The van der Waals surface area contributed by atoms with E-state index in [1.807, 2.05) is 37.4 Å². The van der Waals surface area contributed by atoms with E-state index in [-0.39, 0.29) is 5.69 Å². The number of non-ortho nitro benzene ring substituents is 1. The van der Waals surface area contributed by atoms with Gasteiger partial charge in [-0.15, -0.1) is 0 Å². The summed E-state index contributed by atoms with van der Waals surface area (Å²) >= 11 is 0. The maximum atomic E-state index is 10.7. The lowest BCUT2D eigenvalue weighted by atomic mass is 10.1. The van der Waals surface area contributed by atoms with Crippen molar-refractivity contribution in [3.8, 4) is 11.1 Å². The van der Waals surface area contributed by atoms with Crippen LogP contribution in [0, 0.1) is 17.0 Å². The molecule has 0 aliphatic heterocycles. The number of aliphatic hydroxyl groups excluding tert-OH is 1. The van der Waals surface area contributed by atoms with Crippen molar-refractivity contribution in [3.05, 3.63) is 82.2 Å². The number of nitro benzene ring substituents is 1. The van der Waals surface area contributed by atoms with Crippen LogP contribution in [0.4, 0.5) is 5.69 Å². The summed E-state index contributed by atoms with van der Waals surface area (Å²) in [7, 11) is 0. The highest BCUT2D eigenvalue weighted by atomic mass is 16.6. The maximum Gasteiger partial charge on any atom is 0.269 e. The zero-order chi connectivity index (χ0) is 17.1. The maximum absolute atomic E-state index is 10.7. The van der Waals surface area contributed by atoms with Crippen LogP contribution < -0.4 is 0 Å². The van der Waals surface area contributed by atoms with Gasteiger partial charge in [0.1, 0.15) is 0 Å². The van der Waals surface area contributed by atoms with Gasteiger partial charge in [-0.05, 0) is 30.2 Å². The summed E-state index contributed by atoms with van der Waals surface area (Å²) in [5.74, 6) is 0. The van der Waals surface area contributed by atoms with Gasteiger partial charge in [0.2, 0.25) is 0 Å². The predicted octanol–water partition coefficient (Wildman–Crippen LogP) is 3.50. The number of hydrogen-bond donors (Lipinski definition) is 1. The van der Waals surface area contributed by atoms with Gasteiger partial charge in [-0.25, -0.2) is 0 Å². The number of aryl methyl sites for hydroxylation is 1. The molecule has 1 atom stereocenters. The van der Waals surface area contributed by atoms with Gasteiger partial charge in [-0.2, -0.15) is 5.10 Å². The Labute approximate surface area is 139 Å². The smallest absolute Gasteiger partial charge is 0.269 e. The molecule has 1 heterocycles. The number of rotatable bonds is 5. The Kier molecular flexibility index (Phi) is 4.39. The van der Waals surface area contributed by atoms with Crippen LogP contribution >= 0.6 is 0 Å². The van der Waals surface area contributed by atoms with Crippen molar-refractivity contribution < 1.29 is 10.0 Å². The summed E-state index contributed by atoms with van der Waals surface area (Å²) in [4.78, 5) is 10.3.